The third kappa shape index (κ3) is 2.29. The predicted octanol–water partition coefficient (Wildman–Crippen LogP) is 2.06. The van der Waals surface area contributed by atoms with E-state index in [0.717, 1.165) is 12.8 Å². The second-order valence-electron chi connectivity index (χ2n) is 4.62. The minimum absolute atomic E-state index is 0.0353. The minimum atomic E-state index is -1.21. The van der Waals surface area contributed by atoms with E-state index in [1.54, 1.807) is 24.3 Å². The molecule has 0 bridgehead atoms. The number of fused-ring (bicyclic) bond motifs is 1. The molecule has 19 heavy (non-hydrogen) atoms. The first kappa shape index (κ1) is 11.7. The zero-order valence-corrected chi connectivity index (χ0v) is 10.00. The summed E-state index contributed by atoms with van der Waals surface area (Å²) in [4.78, 5) is 27.1. The second kappa shape index (κ2) is 4.38. The van der Waals surface area contributed by atoms with Crippen LogP contribution in [0.4, 0.5) is 4.79 Å². The molecule has 1 aliphatic carbocycles. The van der Waals surface area contributed by atoms with Gasteiger partial charge in [0, 0.05) is 0 Å². The Balaban J connectivity index is 1.90. The van der Waals surface area contributed by atoms with E-state index in [2.05, 4.69) is 10.3 Å². The Morgan fingerprint density at radius 2 is 2.11 bits per heavy atom. The van der Waals surface area contributed by atoms with Gasteiger partial charge < -0.3 is 14.8 Å². The number of hydrogen-bond donors (Lipinski definition) is 2. The number of oxazole rings is 1. The standard InChI is InChI=1S/C13H12N2O4/c16-11(10(7-5-6-7)15-13(17)18)12-14-8-3-1-2-4-9(8)19-12/h1-4,7,10,15H,5-6H2,(H,17,18). The van der Waals surface area contributed by atoms with Crippen molar-refractivity contribution in [2.45, 2.75) is 18.9 Å². The molecule has 1 saturated carbocycles. The molecule has 3 rings (SSSR count). The van der Waals surface area contributed by atoms with Gasteiger partial charge in [-0.3, -0.25) is 4.79 Å². The molecule has 0 saturated heterocycles. The van der Waals surface area contributed by atoms with Crippen LogP contribution in [0.5, 0.6) is 0 Å². The highest BCUT2D eigenvalue weighted by Crippen LogP contribution is 2.34. The number of nitrogens with zero attached hydrogens (tertiary/aromatic N) is 1. The van der Waals surface area contributed by atoms with Crippen LogP contribution in [0.2, 0.25) is 0 Å². The van der Waals surface area contributed by atoms with Gasteiger partial charge in [0.1, 0.15) is 11.6 Å². The fourth-order valence-electron chi connectivity index (χ4n) is 2.07. The van der Waals surface area contributed by atoms with Crippen LogP contribution >= 0.6 is 0 Å². The minimum Gasteiger partial charge on any atom is -0.465 e. The van der Waals surface area contributed by atoms with Crippen LogP contribution in [0.25, 0.3) is 11.1 Å². The molecule has 1 unspecified atom stereocenters. The van der Waals surface area contributed by atoms with E-state index < -0.39 is 17.9 Å². The maximum Gasteiger partial charge on any atom is 0.405 e. The lowest BCUT2D eigenvalue weighted by atomic mass is 10.1. The van der Waals surface area contributed by atoms with Crippen LogP contribution in [0.1, 0.15) is 23.5 Å². The first-order valence-electron chi connectivity index (χ1n) is 6.04. The topological polar surface area (TPSA) is 92.4 Å². The van der Waals surface area contributed by atoms with Crippen LogP contribution in [0, 0.1) is 5.92 Å². The Hall–Kier alpha value is -2.37. The van der Waals surface area contributed by atoms with Crippen LogP contribution in [-0.4, -0.2) is 28.0 Å². The van der Waals surface area contributed by atoms with Crippen molar-refractivity contribution in [2.75, 3.05) is 0 Å². The number of nitrogens with one attached hydrogen (secondary N) is 1. The summed E-state index contributed by atoms with van der Waals surface area (Å²) in [7, 11) is 0. The number of aromatic nitrogens is 1. The molecule has 1 aromatic carbocycles. The maximum absolute atomic E-state index is 12.2. The number of benzene rings is 1. The lowest BCUT2D eigenvalue weighted by Gasteiger charge is -2.12. The Kier molecular flexibility index (Phi) is 2.70. The number of carbonyl (C=O) groups is 2. The molecule has 0 spiro atoms. The molecular weight excluding hydrogens is 248 g/mol. The molecule has 2 N–H and O–H groups in total. The third-order valence-electron chi connectivity index (χ3n) is 3.16. The average molecular weight is 260 g/mol. The van der Waals surface area contributed by atoms with Gasteiger partial charge in [0.25, 0.3) is 5.89 Å². The number of amides is 1. The van der Waals surface area contributed by atoms with Gasteiger partial charge in [-0.15, -0.1) is 0 Å². The van der Waals surface area contributed by atoms with E-state index in [1.165, 1.54) is 0 Å². The van der Waals surface area contributed by atoms with Crippen molar-refractivity contribution >= 4 is 23.0 Å². The molecule has 1 heterocycles. The number of ketones is 1. The van der Waals surface area contributed by atoms with E-state index in [1.807, 2.05) is 0 Å². The van der Waals surface area contributed by atoms with E-state index in [9.17, 15) is 9.59 Å². The predicted molar refractivity (Wildman–Crippen MR) is 66.0 cm³/mol. The summed E-state index contributed by atoms with van der Waals surface area (Å²) in [6.07, 6.45) is 0.481. The van der Waals surface area contributed by atoms with Crippen molar-refractivity contribution in [3.63, 3.8) is 0 Å². The molecule has 6 heteroatoms. The van der Waals surface area contributed by atoms with Crippen molar-refractivity contribution in [3.8, 4) is 0 Å². The van der Waals surface area contributed by atoms with Gasteiger partial charge in [-0.1, -0.05) is 12.1 Å². The highest BCUT2D eigenvalue weighted by atomic mass is 16.4. The molecule has 1 aliphatic rings. The average Bonchev–Trinajstić information content (AvgIpc) is 3.13. The summed E-state index contributed by atoms with van der Waals surface area (Å²) in [5.74, 6) is -0.383. The van der Waals surface area contributed by atoms with Crippen molar-refractivity contribution < 1.29 is 19.1 Å². The maximum atomic E-state index is 12.2. The van der Waals surface area contributed by atoms with Gasteiger partial charge in [-0.05, 0) is 30.9 Å². The van der Waals surface area contributed by atoms with Crippen molar-refractivity contribution in [2.24, 2.45) is 5.92 Å². The van der Waals surface area contributed by atoms with Crippen LogP contribution in [0.15, 0.2) is 28.7 Å². The SMILES string of the molecule is O=C(O)NC(C(=O)c1nc2ccccc2o1)C1CC1. The summed E-state index contributed by atoms with van der Waals surface area (Å²) in [5, 5.41) is 11.0. The third-order valence-corrected chi connectivity index (χ3v) is 3.16. The van der Waals surface area contributed by atoms with E-state index in [0.29, 0.717) is 11.1 Å². The number of carboxylic acid groups (broad SMARTS) is 1. The van der Waals surface area contributed by atoms with Gasteiger partial charge in [-0.2, -0.15) is 0 Å². The first-order chi connectivity index (χ1) is 9.15. The smallest absolute Gasteiger partial charge is 0.405 e. The largest absolute Gasteiger partial charge is 0.465 e. The highest BCUT2D eigenvalue weighted by molar-refractivity contribution is 5.99. The molecule has 0 aliphatic heterocycles. The summed E-state index contributed by atoms with van der Waals surface area (Å²) in [5.41, 5.74) is 1.12. The van der Waals surface area contributed by atoms with Gasteiger partial charge >= 0.3 is 6.09 Å². The summed E-state index contributed by atoms with van der Waals surface area (Å²) >= 11 is 0. The molecule has 0 radical (unpaired) electrons. The number of para-hydroxylation sites is 2. The molecule has 1 atom stereocenters. The fourth-order valence-corrected chi connectivity index (χ4v) is 2.07. The molecule has 6 nitrogen and oxygen atoms in total. The Morgan fingerprint density at radius 3 is 2.74 bits per heavy atom. The molecule has 1 amide bonds. The summed E-state index contributed by atoms with van der Waals surface area (Å²) < 4.78 is 5.38. The lowest BCUT2D eigenvalue weighted by Crippen LogP contribution is -2.41. The molecule has 98 valence electrons. The summed E-state index contributed by atoms with van der Waals surface area (Å²) in [6.45, 7) is 0. The number of hydrogen-bond acceptors (Lipinski definition) is 4. The van der Waals surface area contributed by atoms with Gasteiger partial charge in [-0.25, -0.2) is 9.78 Å². The van der Waals surface area contributed by atoms with Crippen molar-refractivity contribution in [1.29, 1.82) is 0 Å². The molecular formula is C13H12N2O4. The van der Waals surface area contributed by atoms with Gasteiger partial charge in [0.15, 0.2) is 5.58 Å². The fraction of sp³-hybridized carbons (Fsp3) is 0.308. The summed E-state index contributed by atoms with van der Waals surface area (Å²) in [6, 6.07) is 6.29. The Morgan fingerprint density at radius 1 is 1.37 bits per heavy atom. The highest BCUT2D eigenvalue weighted by Gasteiger charge is 2.39. The Labute approximate surface area is 108 Å². The number of rotatable bonds is 4. The zero-order chi connectivity index (χ0) is 13.4. The van der Waals surface area contributed by atoms with E-state index in [4.69, 9.17) is 9.52 Å². The second-order valence-corrected chi connectivity index (χ2v) is 4.62. The lowest BCUT2D eigenvalue weighted by molar-refractivity contribution is 0.0892. The van der Waals surface area contributed by atoms with Crippen LogP contribution in [-0.2, 0) is 0 Å². The molecule has 1 aromatic heterocycles. The van der Waals surface area contributed by atoms with Gasteiger partial charge in [0.2, 0.25) is 5.78 Å². The van der Waals surface area contributed by atoms with Crippen LogP contribution in [0.3, 0.4) is 0 Å². The van der Waals surface area contributed by atoms with Crippen molar-refractivity contribution in [3.05, 3.63) is 30.2 Å². The van der Waals surface area contributed by atoms with E-state index >= 15 is 0 Å². The first-order valence-corrected chi connectivity index (χ1v) is 6.04. The van der Waals surface area contributed by atoms with Gasteiger partial charge in [0.05, 0.1) is 0 Å². The molecule has 1 fully saturated rings. The zero-order valence-electron chi connectivity index (χ0n) is 10.00. The Bertz CT molecular complexity index is 612. The molecule has 2 aromatic rings. The quantitative estimate of drug-likeness (QED) is 0.821. The van der Waals surface area contributed by atoms with E-state index in [-0.39, 0.29) is 11.8 Å². The monoisotopic (exact) mass is 260 g/mol. The van der Waals surface area contributed by atoms with Crippen LogP contribution < -0.4 is 5.32 Å². The number of Topliss-reactive ketones (excluding diaryl/α,β-unsaturated/α-hetero) is 1. The number of carbonyl (C=O) groups excluding carboxylic acids is 1. The van der Waals surface area contributed by atoms with Crippen molar-refractivity contribution in [1.82, 2.24) is 10.3 Å². The normalized spacial score (nSPS) is 16.2.